The smallest absolute Gasteiger partial charge is 0.416 e. The van der Waals surface area contributed by atoms with E-state index in [2.05, 4.69) is 25.8 Å². The molecule has 18 heteroatoms. The molecule has 0 aromatic heterocycles. The third kappa shape index (κ3) is 17.7. The highest BCUT2D eigenvalue weighted by Crippen LogP contribution is 2.31. The molecule has 1 aliphatic heterocycles. The zero-order chi connectivity index (χ0) is 46.4. The van der Waals surface area contributed by atoms with Gasteiger partial charge in [0.25, 0.3) is 11.8 Å². The first-order chi connectivity index (χ1) is 31.3. The molecule has 0 aliphatic carbocycles. The maximum atomic E-state index is 13.7. The Bertz CT molecular complexity index is 2290. The van der Waals surface area contributed by atoms with Gasteiger partial charge in [-0.05, 0) is 97.1 Å². The molecule has 6 N–H and O–H groups in total. The number of carboxylic acids is 1. The standard InChI is InChI=1S/C47H53F3N6O8S/c48-47(49,50)36-10-6-11-37(30-36)52-17-15-42(51)55-46(61)40-31-38(56-19-2-1-3-20-56)13-14-41(40)54-45(60)35-9-4-8-34(27-35)32-65-39-12-5-7-33(28-39)29-43(57)53-18-22-63-24-26-64-25-23-62-21-16-44(58)59/h4-15,17,27-28,30-31,52H,1-3,16,18-26,29,32H2,(H,53,57)(H,54,60)(H,58,59)(H2,51,55,61)/b17-15-. The Morgan fingerprint density at radius 1 is 0.815 bits per heavy atom. The van der Waals surface area contributed by atoms with Crippen molar-refractivity contribution >= 4 is 58.4 Å². The molecule has 0 spiro atoms. The fourth-order valence-electron chi connectivity index (χ4n) is 6.51. The Morgan fingerprint density at radius 2 is 1.52 bits per heavy atom. The predicted molar refractivity (Wildman–Crippen MR) is 244 cm³/mol. The lowest BCUT2D eigenvalue weighted by Gasteiger charge is -2.29. The van der Waals surface area contributed by atoms with E-state index in [-0.39, 0.29) is 48.1 Å². The van der Waals surface area contributed by atoms with Crippen LogP contribution in [0.5, 0.6) is 0 Å². The van der Waals surface area contributed by atoms with Crippen molar-refractivity contribution in [3.63, 3.8) is 0 Å². The van der Waals surface area contributed by atoms with Gasteiger partial charge in [0.2, 0.25) is 5.91 Å². The number of nitrogens with one attached hydrogen (secondary N) is 3. The maximum absolute atomic E-state index is 13.7. The number of hydrogen-bond acceptors (Lipinski definition) is 10. The van der Waals surface area contributed by atoms with Gasteiger partial charge < -0.3 is 45.9 Å². The van der Waals surface area contributed by atoms with Crippen molar-refractivity contribution in [2.24, 2.45) is 10.7 Å². The van der Waals surface area contributed by atoms with Crippen molar-refractivity contribution in [1.29, 1.82) is 0 Å². The van der Waals surface area contributed by atoms with Gasteiger partial charge in [0.15, 0.2) is 0 Å². The SMILES string of the molecule is NC(/C=C\Nc1cccc(C(F)(F)F)c1)=NC(=O)c1cc(N2CCCCC2)ccc1NC(=O)c1cccc(CSc2cccc(CC(=O)NCCOCCOCCOCCC(=O)O)c2)c1. The second-order valence-electron chi connectivity index (χ2n) is 14.8. The van der Waals surface area contributed by atoms with Crippen molar-refractivity contribution in [3.8, 4) is 0 Å². The summed E-state index contributed by atoms with van der Waals surface area (Å²) in [7, 11) is 0. The summed E-state index contributed by atoms with van der Waals surface area (Å²) in [5.41, 5.74) is 8.64. The molecule has 1 heterocycles. The predicted octanol–water partition coefficient (Wildman–Crippen LogP) is 7.55. The lowest BCUT2D eigenvalue weighted by atomic mass is 10.1. The lowest BCUT2D eigenvalue weighted by molar-refractivity contribution is -0.139. The van der Waals surface area contributed by atoms with Gasteiger partial charge in [-0.3, -0.25) is 19.2 Å². The molecule has 5 rings (SSSR count). The van der Waals surface area contributed by atoms with E-state index in [0.717, 1.165) is 66.2 Å². The van der Waals surface area contributed by atoms with E-state index >= 15 is 0 Å². The number of halogens is 3. The normalized spacial score (nSPS) is 13.2. The molecule has 4 aromatic rings. The topological polar surface area (TPSA) is 194 Å². The number of carbonyl (C=O) groups excluding carboxylic acids is 3. The number of ether oxygens (including phenoxy) is 3. The number of anilines is 3. The van der Waals surface area contributed by atoms with E-state index < -0.39 is 29.5 Å². The summed E-state index contributed by atoms with van der Waals surface area (Å²) in [5, 5.41) is 17.0. The summed E-state index contributed by atoms with van der Waals surface area (Å²) in [6, 6.07) is 24.6. The third-order valence-corrected chi connectivity index (χ3v) is 10.8. The van der Waals surface area contributed by atoms with Gasteiger partial charge in [-0.2, -0.15) is 18.2 Å². The van der Waals surface area contributed by atoms with Crippen LogP contribution in [0.3, 0.4) is 0 Å². The van der Waals surface area contributed by atoms with Crippen molar-refractivity contribution in [2.45, 2.75) is 48.9 Å². The maximum Gasteiger partial charge on any atom is 0.416 e. The number of amidine groups is 1. The van der Waals surface area contributed by atoms with Crippen LogP contribution in [-0.2, 0) is 42.1 Å². The molecular formula is C47H53F3N6O8S. The van der Waals surface area contributed by atoms with E-state index in [1.54, 1.807) is 42.1 Å². The summed E-state index contributed by atoms with van der Waals surface area (Å²) in [6.07, 6.45) is 1.29. The van der Waals surface area contributed by atoms with E-state index in [9.17, 15) is 32.3 Å². The number of aliphatic imine (C=N–C) groups is 1. The van der Waals surface area contributed by atoms with Crippen LogP contribution in [0.2, 0.25) is 0 Å². The van der Waals surface area contributed by atoms with Crippen LogP contribution in [0.15, 0.2) is 113 Å². The van der Waals surface area contributed by atoms with Crippen molar-refractivity contribution in [3.05, 3.63) is 131 Å². The number of thioether (sulfide) groups is 1. The second-order valence-corrected chi connectivity index (χ2v) is 15.8. The molecule has 0 unspecified atom stereocenters. The number of amides is 3. The first kappa shape index (κ1) is 49.8. The Balaban J connectivity index is 1.13. The number of aliphatic carboxylic acids is 1. The highest BCUT2D eigenvalue weighted by molar-refractivity contribution is 7.98. The Morgan fingerprint density at radius 3 is 2.28 bits per heavy atom. The molecule has 1 saturated heterocycles. The fraction of sp³-hybridized carbons (Fsp3) is 0.340. The fourth-order valence-corrected chi connectivity index (χ4v) is 7.43. The van der Waals surface area contributed by atoms with Gasteiger partial charge in [0.1, 0.15) is 5.84 Å². The zero-order valence-electron chi connectivity index (χ0n) is 35.7. The number of carbonyl (C=O) groups is 4. The van der Waals surface area contributed by atoms with Gasteiger partial charge in [0, 0.05) is 53.4 Å². The zero-order valence-corrected chi connectivity index (χ0v) is 36.6. The average molecular weight is 919 g/mol. The number of nitrogens with two attached hydrogens (primary N) is 1. The van der Waals surface area contributed by atoms with Crippen LogP contribution in [-0.4, -0.2) is 93.9 Å². The summed E-state index contributed by atoms with van der Waals surface area (Å²) in [6.45, 7) is 3.75. The van der Waals surface area contributed by atoms with E-state index in [0.29, 0.717) is 50.9 Å². The van der Waals surface area contributed by atoms with Crippen LogP contribution in [0, 0.1) is 0 Å². The Hall–Kier alpha value is -6.21. The quantitative estimate of drug-likeness (QED) is 0.0201. The second kappa shape index (κ2) is 25.9. The van der Waals surface area contributed by atoms with Crippen molar-refractivity contribution in [1.82, 2.24) is 5.32 Å². The van der Waals surface area contributed by atoms with Gasteiger partial charge >= 0.3 is 12.1 Å². The van der Waals surface area contributed by atoms with E-state index in [1.807, 2.05) is 36.4 Å². The average Bonchev–Trinajstić information content (AvgIpc) is 3.29. The molecule has 0 atom stereocenters. The number of alkyl halides is 3. The summed E-state index contributed by atoms with van der Waals surface area (Å²) >= 11 is 1.55. The molecule has 14 nitrogen and oxygen atoms in total. The molecule has 346 valence electrons. The molecule has 4 aromatic carbocycles. The molecule has 0 radical (unpaired) electrons. The molecule has 1 fully saturated rings. The highest BCUT2D eigenvalue weighted by atomic mass is 32.2. The minimum atomic E-state index is -4.51. The Labute approximate surface area is 379 Å². The minimum absolute atomic E-state index is 0.0510. The van der Waals surface area contributed by atoms with Crippen LogP contribution >= 0.6 is 11.8 Å². The minimum Gasteiger partial charge on any atom is -0.481 e. The van der Waals surface area contributed by atoms with Crippen LogP contribution in [0.4, 0.5) is 30.2 Å². The summed E-state index contributed by atoms with van der Waals surface area (Å²) in [4.78, 5) is 57.5. The first-order valence-corrected chi connectivity index (χ1v) is 22.0. The third-order valence-electron chi connectivity index (χ3n) is 9.76. The highest BCUT2D eigenvalue weighted by Gasteiger charge is 2.30. The number of nitrogens with zero attached hydrogens (tertiary/aromatic N) is 2. The van der Waals surface area contributed by atoms with Gasteiger partial charge in [-0.15, -0.1) is 11.8 Å². The van der Waals surface area contributed by atoms with Crippen molar-refractivity contribution in [2.75, 3.05) is 74.8 Å². The summed E-state index contributed by atoms with van der Waals surface area (Å²) < 4.78 is 55.4. The van der Waals surface area contributed by atoms with Crippen LogP contribution < -0.4 is 26.6 Å². The monoisotopic (exact) mass is 918 g/mol. The van der Waals surface area contributed by atoms with Gasteiger partial charge in [-0.1, -0.05) is 30.3 Å². The number of benzene rings is 4. The number of piperidine rings is 1. The lowest BCUT2D eigenvalue weighted by Crippen LogP contribution is -2.29. The van der Waals surface area contributed by atoms with Gasteiger partial charge in [0.05, 0.1) is 69.3 Å². The largest absolute Gasteiger partial charge is 0.481 e. The van der Waals surface area contributed by atoms with Crippen LogP contribution in [0.1, 0.15) is 63.1 Å². The first-order valence-electron chi connectivity index (χ1n) is 21.1. The molecule has 1 aliphatic rings. The number of hydrogen-bond donors (Lipinski definition) is 5. The molecule has 65 heavy (non-hydrogen) atoms. The molecular weight excluding hydrogens is 866 g/mol. The molecule has 0 saturated carbocycles. The molecule has 3 amide bonds. The van der Waals surface area contributed by atoms with Gasteiger partial charge in [-0.25, -0.2) is 0 Å². The number of rotatable bonds is 24. The van der Waals surface area contributed by atoms with E-state index in [4.69, 9.17) is 25.1 Å². The Kier molecular flexibility index (Phi) is 19.9. The number of carboxylic acid groups (broad SMARTS) is 1. The van der Waals surface area contributed by atoms with Crippen molar-refractivity contribution < 1.29 is 51.7 Å². The van der Waals surface area contributed by atoms with Crippen LogP contribution in [0.25, 0.3) is 0 Å². The van der Waals surface area contributed by atoms with E-state index in [1.165, 1.54) is 24.4 Å². The molecule has 0 bridgehead atoms. The summed E-state index contributed by atoms with van der Waals surface area (Å²) in [5.74, 6) is -1.88.